The van der Waals surface area contributed by atoms with Crippen molar-refractivity contribution in [3.8, 4) is 11.5 Å². The van der Waals surface area contributed by atoms with E-state index in [4.69, 9.17) is 9.47 Å². The SMILES string of the molecule is COc1ccc(C(C)NC(=O)NCCC(=O)c2ccc(C)cc2)cc1OC. The van der Waals surface area contributed by atoms with Crippen LogP contribution in [-0.2, 0) is 0 Å². The molecule has 2 amide bonds. The standard InChI is InChI=1S/C21H26N2O4/c1-14-5-7-16(8-6-14)18(24)11-12-22-21(25)23-15(2)17-9-10-19(26-3)20(13-17)27-4/h5-10,13,15H,11-12H2,1-4H3,(H2,22,23,25). The summed E-state index contributed by atoms with van der Waals surface area (Å²) in [5.74, 6) is 1.24. The summed E-state index contributed by atoms with van der Waals surface area (Å²) < 4.78 is 10.5. The molecule has 1 unspecified atom stereocenters. The van der Waals surface area contributed by atoms with Crippen molar-refractivity contribution in [1.82, 2.24) is 10.6 Å². The monoisotopic (exact) mass is 370 g/mol. The Morgan fingerprint density at radius 3 is 2.30 bits per heavy atom. The Kier molecular flexibility index (Phi) is 7.23. The molecule has 2 rings (SSSR count). The molecule has 0 bridgehead atoms. The molecule has 0 saturated carbocycles. The third kappa shape index (κ3) is 5.74. The van der Waals surface area contributed by atoms with Gasteiger partial charge in [-0.25, -0.2) is 4.79 Å². The number of Topliss-reactive ketones (excluding diaryl/α,β-unsaturated/α-hetero) is 1. The van der Waals surface area contributed by atoms with E-state index in [0.29, 0.717) is 17.1 Å². The van der Waals surface area contributed by atoms with Crippen LogP contribution in [0.5, 0.6) is 11.5 Å². The summed E-state index contributed by atoms with van der Waals surface area (Å²) in [5.41, 5.74) is 2.65. The maximum Gasteiger partial charge on any atom is 0.315 e. The molecule has 0 aliphatic carbocycles. The number of rotatable bonds is 8. The number of carbonyl (C=O) groups is 2. The molecule has 2 N–H and O–H groups in total. The number of carbonyl (C=O) groups excluding carboxylic acids is 2. The van der Waals surface area contributed by atoms with Gasteiger partial charge in [0.25, 0.3) is 0 Å². The lowest BCUT2D eigenvalue weighted by Gasteiger charge is -2.17. The second-order valence-electron chi connectivity index (χ2n) is 6.28. The second kappa shape index (κ2) is 9.62. The van der Waals surface area contributed by atoms with Crippen molar-refractivity contribution in [3.63, 3.8) is 0 Å². The van der Waals surface area contributed by atoms with Crippen LogP contribution in [0.1, 0.15) is 40.9 Å². The average molecular weight is 370 g/mol. The normalized spacial score (nSPS) is 11.4. The minimum absolute atomic E-state index is 0.00300. The highest BCUT2D eigenvalue weighted by Crippen LogP contribution is 2.29. The first-order chi connectivity index (χ1) is 12.9. The number of urea groups is 1. The molecule has 0 aliphatic heterocycles. The fourth-order valence-electron chi connectivity index (χ4n) is 2.63. The van der Waals surface area contributed by atoms with E-state index in [1.54, 1.807) is 32.4 Å². The number of ether oxygens (including phenoxy) is 2. The van der Waals surface area contributed by atoms with E-state index in [1.807, 2.05) is 38.1 Å². The lowest BCUT2D eigenvalue weighted by molar-refractivity contribution is 0.0983. The summed E-state index contributed by atoms with van der Waals surface area (Å²) in [4.78, 5) is 24.2. The van der Waals surface area contributed by atoms with Gasteiger partial charge in [-0.05, 0) is 31.5 Å². The summed E-state index contributed by atoms with van der Waals surface area (Å²) >= 11 is 0. The van der Waals surface area contributed by atoms with Gasteiger partial charge in [-0.2, -0.15) is 0 Å². The molecule has 0 saturated heterocycles. The van der Waals surface area contributed by atoms with Gasteiger partial charge >= 0.3 is 6.03 Å². The zero-order valence-corrected chi connectivity index (χ0v) is 16.2. The first kappa shape index (κ1) is 20.3. The minimum Gasteiger partial charge on any atom is -0.493 e. The van der Waals surface area contributed by atoms with E-state index in [0.717, 1.165) is 11.1 Å². The van der Waals surface area contributed by atoms with Crippen molar-refractivity contribution >= 4 is 11.8 Å². The van der Waals surface area contributed by atoms with Gasteiger partial charge < -0.3 is 20.1 Å². The number of methoxy groups -OCH3 is 2. The lowest BCUT2D eigenvalue weighted by Crippen LogP contribution is -2.38. The largest absolute Gasteiger partial charge is 0.493 e. The topological polar surface area (TPSA) is 76.7 Å². The van der Waals surface area contributed by atoms with E-state index in [1.165, 1.54) is 0 Å². The Bertz CT molecular complexity index is 787. The first-order valence-corrected chi connectivity index (χ1v) is 8.80. The zero-order valence-electron chi connectivity index (χ0n) is 16.2. The Hall–Kier alpha value is -3.02. The summed E-state index contributed by atoms with van der Waals surface area (Å²) in [6, 6.07) is 12.3. The maximum atomic E-state index is 12.1. The summed E-state index contributed by atoms with van der Waals surface area (Å²) in [6.07, 6.45) is 0.251. The molecule has 2 aromatic carbocycles. The first-order valence-electron chi connectivity index (χ1n) is 8.80. The van der Waals surface area contributed by atoms with Crippen LogP contribution < -0.4 is 20.1 Å². The molecular formula is C21H26N2O4. The van der Waals surface area contributed by atoms with E-state index >= 15 is 0 Å². The van der Waals surface area contributed by atoms with Crippen LogP contribution in [0.3, 0.4) is 0 Å². The van der Waals surface area contributed by atoms with Crippen molar-refractivity contribution in [2.24, 2.45) is 0 Å². The van der Waals surface area contributed by atoms with Crippen molar-refractivity contribution in [2.45, 2.75) is 26.3 Å². The molecule has 1 atom stereocenters. The van der Waals surface area contributed by atoms with Gasteiger partial charge in [0.2, 0.25) is 0 Å². The molecule has 27 heavy (non-hydrogen) atoms. The Morgan fingerprint density at radius 2 is 1.67 bits per heavy atom. The van der Waals surface area contributed by atoms with E-state index in [9.17, 15) is 9.59 Å². The Labute approximate surface area is 159 Å². The molecule has 6 nitrogen and oxygen atoms in total. The van der Waals surface area contributed by atoms with Gasteiger partial charge in [0.05, 0.1) is 20.3 Å². The number of amides is 2. The summed E-state index contributed by atoms with van der Waals surface area (Å²) in [7, 11) is 3.14. The summed E-state index contributed by atoms with van der Waals surface area (Å²) in [5, 5.41) is 5.57. The summed E-state index contributed by atoms with van der Waals surface area (Å²) in [6.45, 7) is 4.12. The number of hydrogen-bond acceptors (Lipinski definition) is 4. The van der Waals surface area contributed by atoms with Crippen LogP contribution in [0.4, 0.5) is 4.79 Å². The number of aryl methyl sites for hydroxylation is 1. The van der Waals surface area contributed by atoms with Crippen LogP contribution >= 0.6 is 0 Å². The van der Waals surface area contributed by atoms with Crippen molar-refractivity contribution in [1.29, 1.82) is 0 Å². The minimum atomic E-state index is -0.325. The van der Waals surface area contributed by atoms with E-state index in [-0.39, 0.29) is 30.8 Å². The van der Waals surface area contributed by atoms with Gasteiger partial charge in [-0.3, -0.25) is 4.79 Å². The Balaban J connectivity index is 1.83. The molecule has 0 heterocycles. The number of ketones is 1. The predicted molar refractivity (Wildman–Crippen MR) is 105 cm³/mol. The average Bonchev–Trinajstić information content (AvgIpc) is 2.67. The number of hydrogen-bond donors (Lipinski definition) is 2. The molecule has 144 valence electrons. The predicted octanol–water partition coefficient (Wildman–Crippen LogP) is 3.65. The van der Waals surface area contributed by atoms with Gasteiger partial charge in [0, 0.05) is 18.5 Å². The van der Waals surface area contributed by atoms with Gasteiger partial charge in [-0.1, -0.05) is 35.9 Å². The van der Waals surface area contributed by atoms with Crippen LogP contribution in [0.2, 0.25) is 0 Å². The molecule has 0 radical (unpaired) electrons. The highest BCUT2D eigenvalue weighted by Gasteiger charge is 2.13. The van der Waals surface area contributed by atoms with Crippen molar-refractivity contribution in [2.75, 3.05) is 20.8 Å². The molecule has 0 aromatic heterocycles. The Morgan fingerprint density at radius 1 is 1.00 bits per heavy atom. The van der Waals surface area contributed by atoms with Crippen molar-refractivity contribution in [3.05, 3.63) is 59.2 Å². The molecule has 0 spiro atoms. The van der Waals surface area contributed by atoms with Gasteiger partial charge in [0.15, 0.2) is 17.3 Å². The fourth-order valence-corrected chi connectivity index (χ4v) is 2.63. The van der Waals surface area contributed by atoms with Crippen molar-refractivity contribution < 1.29 is 19.1 Å². The third-order valence-corrected chi connectivity index (χ3v) is 4.27. The van der Waals surface area contributed by atoms with Crippen LogP contribution in [-0.4, -0.2) is 32.6 Å². The van der Waals surface area contributed by atoms with Crippen LogP contribution in [0, 0.1) is 6.92 Å². The number of benzene rings is 2. The van der Waals surface area contributed by atoms with Gasteiger partial charge in [-0.15, -0.1) is 0 Å². The molecule has 6 heteroatoms. The zero-order chi connectivity index (χ0) is 19.8. The molecule has 0 aliphatic rings. The fraction of sp³-hybridized carbons (Fsp3) is 0.333. The van der Waals surface area contributed by atoms with Gasteiger partial charge in [0.1, 0.15) is 0 Å². The highest BCUT2D eigenvalue weighted by atomic mass is 16.5. The quantitative estimate of drug-likeness (QED) is 0.696. The highest BCUT2D eigenvalue weighted by molar-refractivity contribution is 5.96. The maximum absolute atomic E-state index is 12.1. The second-order valence-corrected chi connectivity index (χ2v) is 6.28. The molecule has 2 aromatic rings. The van der Waals surface area contributed by atoms with Crippen LogP contribution in [0.25, 0.3) is 0 Å². The smallest absolute Gasteiger partial charge is 0.315 e. The molecular weight excluding hydrogens is 344 g/mol. The van der Waals surface area contributed by atoms with E-state index in [2.05, 4.69) is 10.6 Å². The third-order valence-electron chi connectivity index (χ3n) is 4.27. The molecule has 0 fully saturated rings. The number of nitrogens with one attached hydrogen (secondary N) is 2. The lowest BCUT2D eigenvalue weighted by atomic mass is 10.1. The van der Waals surface area contributed by atoms with E-state index < -0.39 is 0 Å². The van der Waals surface area contributed by atoms with Crippen LogP contribution in [0.15, 0.2) is 42.5 Å².